The Balaban J connectivity index is 2.40. The zero-order chi connectivity index (χ0) is 15.4. The first-order valence-corrected chi connectivity index (χ1v) is 8.06. The van der Waals surface area contributed by atoms with E-state index < -0.39 is 5.97 Å². The van der Waals surface area contributed by atoms with E-state index in [-0.39, 0.29) is 6.42 Å². The number of aromatic nitrogens is 2. The van der Waals surface area contributed by atoms with E-state index in [2.05, 4.69) is 23.8 Å². The van der Waals surface area contributed by atoms with Crippen LogP contribution in [0.1, 0.15) is 31.7 Å². The summed E-state index contributed by atoms with van der Waals surface area (Å²) in [5.41, 5.74) is 2.07. The molecule has 5 heteroatoms. The Bertz CT molecular complexity index is 656. The van der Waals surface area contributed by atoms with E-state index in [0.717, 1.165) is 33.7 Å². The number of thioether (sulfide) groups is 1. The lowest BCUT2D eigenvalue weighted by Crippen LogP contribution is -2.04. The molecule has 4 nitrogen and oxygen atoms in total. The zero-order valence-electron chi connectivity index (χ0n) is 12.6. The molecule has 0 aliphatic heterocycles. The van der Waals surface area contributed by atoms with E-state index in [0.29, 0.717) is 11.7 Å². The van der Waals surface area contributed by atoms with Crippen LogP contribution in [-0.2, 0) is 11.2 Å². The SMILES string of the molecule is Cc1cccc2nc(CC(C)C)nc(SCCC(=O)O)c12. The van der Waals surface area contributed by atoms with Crippen LogP contribution in [0.3, 0.4) is 0 Å². The number of carboxylic acids is 1. The van der Waals surface area contributed by atoms with Gasteiger partial charge in [-0.3, -0.25) is 4.79 Å². The van der Waals surface area contributed by atoms with Crippen molar-refractivity contribution < 1.29 is 9.90 Å². The van der Waals surface area contributed by atoms with Crippen molar-refractivity contribution in [3.8, 4) is 0 Å². The molecule has 1 heterocycles. The van der Waals surface area contributed by atoms with Crippen LogP contribution in [0.5, 0.6) is 0 Å². The van der Waals surface area contributed by atoms with Crippen LogP contribution in [0, 0.1) is 12.8 Å². The summed E-state index contributed by atoms with van der Waals surface area (Å²) in [4.78, 5) is 20.0. The number of fused-ring (bicyclic) bond motifs is 1. The Kier molecular flexibility index (Phi) is 5.17. The van der Waals surface area contributed by atoms with Gasteiger partial charge in [0.25, 0.3) is 0 Å². The van der Waals surface area contributed by atoms with Gasteiger partial charge in [-0.25, -0.2) is 9.97 Å². The highest BCUT2D eigenvalue weighted by molar-refractivity contribution is 7.99. The third-order valence-electron chi connectivity index (χ3n) is 3.09. The molecule has 112 valence electrons. The van der Waals surface area contributed by atoms with Gasteiger partial charge in [0, 0.05) is 17.6 Å². The van der Waals surface area contributed by atoms with E-state index in [1.54, 1.807) is 0 Å². The Hall–Kier alpha value is -1.62. The first-order valence-electron chi connectivity index (χ1n) is 7.08. The average Bonchev–Trinajstić information content (AvgIpc) is 2.37. The van der Waals surface area contributed by atoms with Crippen molar-refractivity contribution in [2.24, 2.45) is 5.92 Å². The summed E-state index contributed by atoms with van der Waals surface area (Å²) in [6.07, 6.45) is 0.970. The minimum absolute atomic E-state index is 0.140. The number of benzene rings is 1. The molecule has 0 saturated carbocycles. The van der Waals surface area contributed by atoms with Gasteiger partial charge in [-0.05, 0) is 24.5 Å². The average molecular weight is 304 g/mol. The second-order valence-electron chi connectivity index (χ2n) is 5.50. The molecule has 0 unspecified atom stereocenters. The van der Waals surface area contributed by atoms with Crippen LogP contribution in [0.25, 0.3) is 10.9 Å². The standard InChI is InChI=1S/C16H20N2O2S/c1-10(2)9-13-17-12-6-4-5-11(3)15(12)16(18-13)21-8-7-14(19)20/h4-6,10H,7-9H2,1-3H3,(H,19,20). The van der Waals surface area contributed by atoms with Crippen molar-refractivity contribution in [1.29, 1.82) is 0 Å². The fraction of sp³-hybridized carbons (Fsp3) is 0.438. The van der Waals surface area contributed by atoms with E-state index in [9.17, 15) is 4.79 Å². The highest BCUT2D eigenvalue weighted by Crippen LogP contribution is 2.28. The van der Waals surface area contributed by atoms with Gasteiger partial charge in [0.2, 0.25) is 0 Å². The van der Waals surface area contributed by atoms with Crippen LogP contribution in [-0.4, -0.2) is 26.8 Å². The van der Waals surface area contributed by atoms with E-state index in [1.807, 2.05) is 25.1 Å². The molecule has 0 amide bonds. The van der Waals surface area contributed by atoms with Gasteiger partial charge in [0.05, 0.1) is 11.9 Å². The quantitative estimate of drug-likeness (QED) is 0.651. The van der Waals surface area contributed by atoms with Gasteiger partial charge in [-0.15, -0.1) is 11.8 Å². The normalized spacial score (nSPS) is 11.2. The van der Waals surface area contributed by atoms with Gasteiger partial charge < -0.3 is 5.11 Å². The summed E-state index contributed by atoms with van der Waals surface area (Å²) in [5, 5.41) is 10.7. The second-order valence-corrected chi connectivity index (χ2v) is 6.59. The Morgan fingerprint density at radius 1 is 1.33 bits per heavy atom. The number of hydrogen-bond acceptors (Lipinski definition) is 4. The van der Waals surface area contributed by atoms with Gasteiger partial charge >= 0.3 is 5.97 Å². The summed E-state index contributed by atoms with van der Waals surface area (Å²) >= 11 is 1.50. The number of hydrogen-bond donors (Lipinski definition) is 1. The molecule has 0 aliphatic rings. The number of aliphatic carboxylic acids is 1. The molecular weight excluding hydrogens is 284 g/mol. The van der Waals surface area contributed by atoms with Gasteiger partial charge in [0.15, 0.2) is 0 Å². The van der Waals surface area contributed by atoms with Crippen molar-refractivity contribution in [3.63, 3.8) is 0 Å². The maximum atomic E-state index is 10.7. The predicted octanol–water partition coefficient (Wildman–Crippen LogP) is 3.70. The van der Waals surface area contributed by atoms with Crippen LogP contribution < -0.4 is 0 Å². The number of carboxylic acid groups (broad SMARTS) is 1. The minimum atomic E-state index is -0.778. The highest BCUT2D eigenvalue weighted by atomic mass is 32.2. The largest absolute Gasteiger partial charge is 0.481 e. The number of aryl methyl sites for hydroxylation is 1. The van der Waals surface area contributed by atoms with Crippen molar-refractivity contribution in [2.45, 2.75) is 38.6 Å². The fourth-order valence-corrected chi connectivity index (χ4v) is 3.21. The molecule has 0 bridgehead atoms. The molecule has 0 radical (unpaired) electrons. The summed E-state index contributed by atoms with van der Waals surface area (Å²) in [6, 6.07) is 6.03. The second kappa shape index (κ2) is 6.89. The zero-order valence-corrected chi connectivity index (χ0v) is 13.4. The van der Waals surface area contributed by atoms with Crippen molar-refractivity contribution >= 4 is 28.6 Å². The van der Waals surface area contributed by atoms with E-state index >= 15 is 0 Å². The lowest BCUT2D eigenvalue weighted by atomic mass is 10.1. The number of carbonyl (C=O) groups is 1. The number of nitrogens with zero attached hydrogens (tertiary/aromatic N) is 2. The maximum absolute atomic E-state index is 10.7. The van der Waals surface area contributed by atoms with Crippen molar-refractivity contribution in [2.75, 3.05) is 5.75 Å². The van der Waals surface area contributed by atoms with E-state index in [4.69, 9.17) is 5.11 Å². The maximum Gasteiger partial charge on any atom is 0.304 e. The molecule has 0 aliphatic carbocycles. The molecule has 0 atom stereocenters. The minimum Gasteiger partial charge on any atom is -0.481 e. The molecule has 2 aromatic rings. The molecule has 1 N–H and O–H groups in total. The lowest BCUT2D eigenvalue weighted by Gasteiger charge is -2.11. The molecule has 0 fully saturated rings. The first-order chi connectivity index (χ1) is 9.97. The molecule has 21 heavy (non-hydrogen) atoms. The topological polar surface area (TPSA) is 63.1 Å². The molecule has 1 aromatic carbocycles. The van der Waals surface area contributed by atoms with Crippen molar-refractivity contribution in [1.82, 2.24) is 9.97 Å². The number of rotatable bonds is 6. The molecule has 0 saturated heterocycles. The van der Waals surface area contributed by atoms with E-state index in [1.165, 1.54) is 11.8 Å². The third kappa shape index (κ3) is 4.17. The summed E-state index contributed by atoms with van der Waals surface area (Å²) in [6.45, 7) is 6.32. The van der Waals surface area contributed by atoms with Gasteiger partial charge in [-0.1, -0.05) is 26.0 Å². The van der Waals surface area contributed by atoms with Crippen LogP contribution >= 0.6 is 11.8 Å². The third-order valence-corrected chi connectivity index (χ3v) is 4.07. The molecule has 2 rings (SSSR count). The summed E-state index contributed by atoms with van der Waals surface area (Å²) in [7, 11) is 0. The Morgan fingerprint density at radius 2 is 2.10 bits per heavy atom. The fourth-order valence-electron chi connectivity index (χ4n) is 2.16. The van der Waals surface area contributed by atoms with Crippen LogP contribution in [0.2, 0.25) is 0 Å². The Labute approximate surface area is 129 Å². The summed E-state index contributed by atoms with van der Waals surface area (Å²) in [5.74, 6) is 1.07. The highest BCUT2D eigenvalue weighted by Gasteiger charge is 2.12. The lowest BCUT2D eigenvalue weighted by molar-refractivity contribution is -0.136. The van der Waals surface area contributed by atoms with Crippen LogP contribution in [0.15, 0.2) is 23.2 Å². The van der Waals surface area contributed by atoms with Crippen LogP contribution in [0.4, 0.5) is 0 Å². The Morgan fingerprint density at radius 3 is 2.76 bits per heavy atom. The monoisotopic (exact) mass is 304 g/mol. The smallest absolute Gasteiger partial charge is 0.304 e. The molecule has 1 aromatic heterocycles. The summed E-state index contributed by atoms with van der Waals surface area (Å²) < 4.78 is 0. The molecular formula is C16H20N2O2S. The van der Waals surface area contributed by atoms with Gasteiger partial charge in [0.1, 0.15) is 10.9 Å². The molecule has 0 spiro atoms. The first kappa shape index (κ1) is 15.8. The van der Waals surface area contributed by atoms with Crippen molar-refractivity contribution in [3.05, 3.63) is 29.6 Å². The predicted molar refractivity (Wildman–Crippen MR) is 85.8 cm³/mol. The van der Waals surface area contributed by atoms with Gasteiger partial charge in [-0.2, -0.15) is 0 Å².